The van der Waals surface area contributed by atoms with E-state index in [1.54, 1.807) is 14.2 Å². The second-order valence-corrected chi connectivity index (χ2v) is 10.7. The molecule has 3 N–H and O–H groups in total. The number of ether oxygens (including phenoxy) is 2. The number of benzene rings is 1. The molecule has 1 amide bonds. The molecule has 1 fully saturated rings. The van der Waals surface area contributed by atoms with Gasteiger partial charge in [0.2, 0.25) is 0 Å². The Morgan fingerprint density at radius 3 is 2.79 bits per heavy atom. The predicted molar refractivity (Wildman–Crippen MR) is 144 cm³/mol. The number of carbonyl (C=O) groups excluding carboxylic acids is 1. The first-order valence-corrected chi connectivity index (χ1v) is 13.5. The Morgan fingerprint density at radius 2 is 2.05 bits per heavy atom. The molecule has 1 saturated carbocycles. The highest BCUT2D eigenvalue weighted by Gasteiger charge is 2.35. The number of nitrogens with zero attached hydrogens (tertiary/aromatic N) is 5. The van der Waals surface area contributed by atoms with Gasteiger partial charge in [0.1, 0.15) is 5.82 Å². The highest BCUT2D eigenvalue weighted by molar-refractivity contribution is 6.34. The number of hydrogen-bond acceptors (Lipinski definition) is 8. The van der Waals surface area contributed by atoms with E-state index in [0.29, 0.717) is 53.8 Å². The number of fused-ring (bicyclic) bond motifs is 2. The lowest BCUT2D eigenvalue weighted by Crippen LogP contribution is -2.28. The first kappa shape index (κ1) is 25.2. The summed E-state index contributed by atoms with van der Waals surface area (Å²) in [7, 11) is 3.13. The van der Waals surface area contributed by atoms with E-state index in [-0.39, 0.29) is 17.7 Å². The van der Waals surface area contributed by atoms with E-state index in [0.717, 1.165) is 59.7 Å². The van der Waals surface area contributed by atoms with Crippen molar-refractivity contribution in [2.75, 3.05) is 31.3 Å². The molecule has 3 aliphatic rings. The molecule has 10 nitrogen and oxygen atoms in total. The molecule has 0 saturated heterocycles. The van der Waals surface area contributed by atoms with E-state index in [4.69, 9.17) is 48.4 Å². The van der Waals surface area contributed by atoms with Crippen molar-refractivity contribution in [1.82, 2.24) is 25.1 Å². The summed E-state index contributed by atoms with van der Waals surface area (Å²) >= 11 is 13.3. The smallest absolute Gasteiger partial charge is 0.318 e. The quantitative estimate of drug-likeness (QED) is 0.451. The Balaban J connectivity index is 1.36. The maximum atomic E-state index is 12.3. The lowest BCUT2D eigenvalue weighted by molar-refractivity contribution is 0.0252. The van der Waals surface area contributed by atoms with Gasteiger partial charge in [-0.3, -0.25) is 9.48 Å². The Hall–Kier alpha value is -3.08. The van der Waals surface area contributed by atoms with E-state index < -0.39 is 0 Å². The van der Waals surface area contributed by atoms with Crippen molar-refractivity contribution in [1.29, 1.82) is 0 Å². The van der Waals surface area contributed by atoms with Crippen molar-refractivity contribution in [3.05, 3.63) is 56.0 Å². The number of anilines is 2. The molecule has 1 aromatic carbocycles. The Morgan fingerprint density at radius 1 is 1.24 bits per heavy atom. The van der Waals surface area contributed by atoms with E-state index in [1.165, 1.54) is 0 Å². The summed E-state index contributed by atoms with van der Waals surface area (Å²) < 4.78 is 13.8. The third-order valence-corrected chi connectivity index (χ3v) is 8.14. The van der Waals surface area contributed by atoms with E-state index in [2.05, 4.69) is 15.3 Å². The molecule has 200 valence electrons. The molecule has 0 bridgehead atoms. The van der Waals surface area contributed by atoms with Crippen LogP contribution in [0.1, 0.15) is 69.9 Å². The summed E-state index contributed by atoms with van der Waals surface area (Å²) in [6.45, 7) is 2.14. The Kier molecular flexibility index (Phi) is 6.57. The molecule has 2 aliphatic heterocycles. The van der Waals surface area contributed by atoms with Crippen molar-refractivity contribution in [2.45, 2.75) is 57.4 Å². The van der Waals surface area contributed by atoms with Crippen molar-refractivity contribution in [3.63, 3.8) is 0 Å². The average Bonchev–Trinajstić information content (AvgIpc) is 3.73. The SMILES string of the molecule is CNC(=O)c1nn2c(c1Cl)CN(c1nc(OC)nc3c1COC(c1cc(N)cc(Cl)c1C1CC1)C3)CCC2. The number of methoxy groups -OCH3 is 1. The van der Waals surface area contributed by atoms with Crippen LogP contribution in [0.15, 0.2) is 12.1 Å². The topological polar surface area (TPSA) is 120 Å². The third-order valence-electron chi connectivity index (χ3n) is 7.43. The number of nitrogens with one attached hydrogen (secondary N) is 1. The van der Waals surface area contributed by atoms with E-state index in [1.807, 2.05) is 16.8 Å². The predicted octanol–water partition coefficient (Wildman–Crippen LogP) is 4.03. The van der Waals surface area contributed by atoms with Crippen molar-refractivity contribution in [2.24, 2.45) is 0 Å². The molecule has 12 heteroatoms. The van der Waals surface area contributed by atoms with Crippen LogP contribution in [-0.2, 0) is 30.9 Å². The minimum atomic E-state index is -0.310. The fourth-order valence-corrected chi connectivity index (χ4v) is 6.11. The minimum absolute atomic E-state index is 0.221. The van der Waals surface area contributed by atoms with Gasteiger partial charge in [0, 0.05) is 42.8 Å². The molecule has 3 aromatic rings. The van der Waals surface area contributed by atoms with Crippen LogP contribution in [0.3, 0.4) is 0 Å². The molecule has 38 heavy (non-hydrogen) atoms. The van der Waals surface area contributed by atoms with Gasteiger partial charge in [-0.25, -0.2) is 0 Å². The van der Waals surface area contributed by atoms with Crippen molar-refractivity contribution in [3.8, 4) is 6.01 Å². The van der Waals surface area contributed by atoms with E-state index in [9.17, 15) is 4.79 Å². The fraction of sp³-hybridized carbons (Fsp3) is 0.462. The molecule has 6 rings (SSSR count). The van der Waals surface area contributed by atoms with Crippen LogP contribution in [-0.4, -0.2) is 46.4 Å². The number of aryl methyl sites for hydroxylation is 1. The van der Waals surface area contributed by atoms with Crippen LogP contribution in [0.25, 0.3) is 0 Å². The second-order valence-electron chi connectivity index (χ2n) is 9.93. The monoisotopic (exact) mass is 557 g/mol. The third kappa shape index (κ3) is 4.44. The largest absolute Gasteiger partial charge is 0.467 e. The number of nitrogens with two attached hydrogens (primary N) is 1. The van der Waals surface area contributed by atoms with Crippen LogP contribution < -0.4 is 20.7 Å². The van der Waals surface area contributed by atoms with Crippen molar-refractivity contribution < 1.29 is 14.3 Å². The van der Waals surface area contributed by atoms with Gasteiger partial charge in [0.05, 0.1) is 42.8 Å². The second kappa shape index (κ2) is 9.91. The zero-order valence-electron chi connectivity index (χ0n) is 21.3. The fourth-order valence-electron chi connectivity index (χ4n) is 5.44. The summed E-state index contributed by atoms with van der Waals surface area (Å²) in [6, 6.07) is 4.10. The number of hydrogen-bond donors (Lipinski definition) is 2. The molecular formula is C26H29Cl2N7O3. The molecule has 1 atom stereocenters. The van der Waals surface area contributed by atoms with Crippen LogP contribution >= 0.6 is 23.2 Å². The standard InChI is InChI=1S/C26H29Cl2N7O3/c1-30-25(36)23-22(28)19-11-34(6-3-7-35(19)33-23)24-16-12-38-20(10-18(16)31-26(32-24)37-2)15-8-14(29)9-17(27)21(15)13-4-5-13/h8-9,13,20H,3-7,10-12,29H2,1-2H3,(H,30,36). The highest BCUT2D eigenvalue weighted by Crippen LogP contribution is 2.49. The summed E-state index contributed by atoms with van der Waals surface area (Å²) in [4.78, 5) is 23.9. The molecule has 4 heterocycles. The lowest BCUT2D eigenvalue weighted by Gasteiger charge is -2.31. The average molecular weight is 558 g/mol. The summed E-state index contributed by atoms with van der Waals surface area (Å²) in [5.41, 5.74) is 11.8. The zero-order valence-corrected chi connectivity index (χ0v) is 22.8. The van der Waals surface area contributed by atoms with Crippen LogP contribution in [0, 0.1) is 0 Å². The van der Waals surface area contributed by atoms with Gasteiger partial charge in [0.25, 0.3) is 5.91 Å². The Bertz CT molecular complexity index is 1420. The van der Waals surface area contributed by atoms with Gasteiger partial charge in [-0.15, -0.1) is 0 Å². The zero-order chi connectivity index (χ0) is 26.6. The first-order valence-electron chi connectivity index (χ1n) is 12.7. The number of nitrogen functional groups attached to an aromatic ring is 1. The number of rotatable bonds is 5. The van der Waals surface area contributed by atoms with Crippen LogP contribution in [0.4, 0.5) is 11.5 Å². The van der Waals surface area contributed by atoms with Crippen molar-refractivity contribution >= 4 is 40.6 Å². The van der Waals surface area contributed by atoms with Gasteiger partial charge >= 0.3 is 6.01 Å². The maximum absolute atomic E-state index is 12.3. The van der Waals surface area contributed by atoms with Crippen LogP contribution in [0.5, 0.6) is 6.01 Å². The first-order chi connectivity index (χ1) is 18.4. The highest BCUT2D eigenvalue weighted by atomic mass is 35.5. The maximum Gasteiger partial charge on any atom is 0.318 e. The number of carbonyl (C=O) groups is 1. The van der Waals surface area contributed by atoms with Gasteiger partial charge in [-0.1, -0.05) is 23.2 Å². The summed E-state index contributed by atoms with van der Waals surface area (Å²) in [6.07, 6.45) is 3.37. The number of amides is 1. The van der Waals surface area contributed by atoms with E-state index >= 15 is 0 Å². The van der Waals surface area contributed by atoms with Gasteiger partial charge < -0.3 is 25.4 Å². The normalized spacial score (nSPS) is 18.9. The van der Waals surface area contributed by atoms with Gasteiger partial charge in [0.15, 0.2) is 5.69 Å². The van der Waals surface area contributed by atoms with Gasteiger partial charge in [-0.2, -0.15) is 15.1 Å². The molecule has 1 aliphatic carbocycles. The molecule has 0 radical (unpaired) electrons. The molecular weight excluding hydrogens is 529 g/mol. The van der Waals surface area contributed by atoms with Crippen LogP contribution in [0.2, 0.25) is 10.0 Å². The number of halogens is 2. The summed E-state index contributed by atoms with van der Waals surface area (Å²) in [5.74, 6) is 0.880. The molecule has 1 unspecified atom stereocenters. The molecule has 2 aromatic heterocycles. The summed E-state index contributed by atoms with van der Waals surface area (Å²) in [5, 5.41) is 8.12. The minimum Gasteiger partial charge on any atom is -0.467 e. The number of aromatic nitrogens is 4. The Labute approximate surface area is 230 Å². The lowest BCUT2D eigenvalue weighted by atomic mass is 9.92. The molecule has 0 spiro atoms. The van der Waals surface area contributed by atoms with Gasteiger partial charge in [-0.05, 0) is 48.4 Å².